The molecule has 1 aliphatic heterocycles. The highest BCUT2D eigenvalue weighted by atomic mass is 32.2. The topological polar surface area (TPSA) is 47.3 Å². The normalized spacial score (nSPS) is 23.8. The summed E-state index contributed by atoms with van der Waals surface area (Å²) in [4.78, 5) is 0. The third-order valence-electron chi connectivity index (χ3n) is 3.00. The molecular formula is C10H16NO3S+. The number of furan rings is 1. The summed E-state index contributed by atoms with van der Waals surface area (Å²) in [5.74, 6) is 1.52. The van der Waals surface area contributed by atoms with Crippen LogP contribution in [-0.2, 0) is 16.4 Å². The van der Waals surface area contributed by atoms with Crippen molar-refractivity contribution in [2.75, 3.05) is 31.6 Å². The van der Waals surface area contributed by atoms with Crippen LogP contribution in [0.4, 0.5) is 0 Å². The molecule has 1 aromatic rings. The van der Waals surface area contributed by atoms with Crippen LogP contribution in [0, 0.1) is 0 Å². The molecule has 0 aliphatic carbocycles. The number of hydrogen-bond donors (Lipinski definition) is 0. The van der Waals surface area contributed by atoms with Crippen molar-refractivity contribution in [2.45, 2.75) is 6.54 Å². The molecule has 1 saturated heterocycles. The number of sulfone groups is 1. The van der Waals surface area contributed by atoms with E-state index in [1.807, 2.05) is 12.1 Å². The lowest BCUT2D eigenvalue weighted by atomic mass is 10.3. The molecule has 0 N–H and O–H groups in total. The number of rotatable bonds is 2. The summed E-state index contributed by atoms with van der Waals surface area (Å²) >= 11 is 0. The summed E-state index contributed by atoms with van der Waals surface area (Å²) in [6.45, 7) is 2.15. The Bertz CT molecular complexity index is 408. The number of quaternary nitrogens is 1. The van der Waals surface area contributed by atoms with Crippen LogP contribution >= 0.6 is 0 Å². The van der Waals surface area contributed by atoms with Gasteiger partial charge in [0.05, 0.1) is 37.9 Å². The fourth-order valence-corrected chi connectivity index (χ4v) is 3.51. The van der Waals surface area contributed by atoms with Crippen molar-refractivity contribution in [1.29, 1.82) is 0 Å². The van der Waals surface area contributed by atoms with E-state index in [4.69, 9.17) is 4.42 Å². The smallest absolute Gasteiger partial charge is 0.161 e. The third-order valence-corrected chi connectivity index (χ3v) is 4.61. The van der Waals surface area contributed by atoms with Gasteiger partial charge in [0.1, 0.15) is 6.54 Å². The van der Waals surface area contributed by atoms with Crippen molar-refractivity contribution >= 4 is 9.84 Å². The first kappa shape index (κ1) is 10.7. The predicted octanol–water partition coefficient (Wildman–Crippen LogP) is 0.655. The Hall–Kier alpha value is -0.810. The summed E-state index contributed by atoms with van der Waals surface area (Å²) in [5.41, 5.74) is 0. The minimum atomic E-state index is -2.78. The van der Waals surface area contributed by atoms with E-state index in [1.54, 1.807) is 6.26 Å². The second kappa shape index (κ2) is 3.64. The first-order chi connectivity index (χ1) is 6.99. The fraction of sp³-hybridized carbons (Fsp3) is 0.600. The van der Waals surface area contributed by atoms with Gasteiger partial charge in [-0.3, -0.25) is 0 Å². The van der Waals surface area contributed by atoms with Gasteiger partial charge in [-0.25, -0.2) is 8.42 Å². The molecule has 0 bridgehead atoms. The van der Waals surface area contributed by atoms with Crippen molar-refractivity contribution in [2.24, 2.45) is 0 Å². The Morgan fingerprint density at radius 1 is 1.40 bits per heavy atom. The quantitative estimate of drug-likeness (QED) is 0.701. The van der Waals surface area contributed by atoms with Crippen LogP contribution < -0.4 is 0 Å². The van der Waals surface area contributed by atoms with Crippen molar-refractivity contribution in [3.8, 4) is 0 Å². The third kappa shape index (κ3) is 2.60. The van der Waals surface area contributed by atoms with Crippen LogP contribution in [0.1, 0.15) is 5.76 Å². The fourth-order valence-electron chi connectivity index (χ4n) is 1.87. The maximum atomic E-state index is 11.3. The van der Waals surface area contributed by atoms with Gasteiger partial charge in [0, 0.05) is 0 Å². The highest BCUT2D eigenvalue weighted by Gasteiger charge is 2.33. The molecule has 4 nitrogen and oxygen atoms in total. The molecule has 2 heterocycles. The van der Waals surface area contributed by atoms with Gasteiger partial charge in [-0.15, -0.1) is 0 Å². The summed E-state index contributed by atoms with van der Waals surface area (Å²) < 4.78 is 28.7. The van der Waals surface area contributed by atoms with E-state index in [0.717, 1.165) is 16.8 Å². The maximum Gasteiger partial charge on any atom is 0.161 e. The van der Waals surface area contributed by atoms with E-state index < -0.39 is 9.84 Å². The Balaban J connectivity index is 2.04. The van der Waals surface area contributed by atoms with Crippen LogP contribution in [0.15, 0.2) is 22.8 Å². The van der Waals surface area contributed by atoms with Gasteiger partial charge < -0.3 is 8.90 Å². The van der Waals surface area contributed by atoms with E-state index >= 15 is 0 Å². The molecule has 1 aromatic heterocycles. The molecule has 0 radical (unpaired) electrons. The van der Waals surface area contributed by atoms with Gasteiger partial charge in [0.25, 0.3) is 0 Å². The lowest BCUT2D eigenvalue weighted by molar-refractivity contribution is -0.920. The molecule has 1 aliphatic rings. The molecule has 0 amide bonds. The van der Waals surface area contributed by atoms with Crippen LogP contribution in [0.25, 0.3) is 0 Å². The van der Waals surface area contributed by atoms with Crippen LogP contribution in [-0.4, -0.2) is 44.5 Å². The Morgan fingerprint density at radius 2 is 2.07 bits per heavy atom. The lowest BCUT2D eigenvalue weighted by Crippen LogP contribution is -2.53. The number of nitrogens with zero attached hydrogens (tertiary/aromatic N) is 1. The SMILES string of the molecule is C[N+]1(Cc2ccco2)CCS(=O)(=O)CC1. The van der Waals surface area contributed by atoms with Crippen LogP contribution in [0.5, 0.6) is 0 Å². The second-order valence-corrected chi connectivity index (χ2v) is 6.76. The molecule has 2 rings (SSSR count). The van der Waals surface area contributed by atoms with Gasteiger partial charge in [-0.2, -0.15) is 0 Å². The van der Waals surface area contributed by atoms with E-state index in [9.17, 15) is 8.42 Å². The zero-order chi connectivity index (χ0) is 10.9. The maximum absolute atomic E-state index is 11.3. The number of hydrogen-bond acceptors (Lipinski definition) is 3. The largest absolute Gasteiger partial charge is 0.463 e. The molecule has 5 heteroatoms. The Labute approximate surface area is 90.0 Å². The highest BCUT2D eigenvalue weighted by molar-refractivity contribution is 7.91. The van der Waals surface area contributed by atoms with Gasteiger partial charge in [-0.1, -0.05) is 0 Å². The van der Waals surface area contributed by atoms with E-state index in [1.165, 1.54) is 0 Å². The molecule has 0 saturated carbocycles. The second-order valence-electron chi connectivity index (χ2n) is 4.46. The molecule has 1 fully saturated rings. The molecule has 0 spiro atoms. The van der Waals surface area contributed by atoms with E-state index in [2.05, 4.69) is 7.05 Å². The first-order valence-electron chi connectivity index (χ1n) is 5.06. The summed E-state index contributed by atoms with van der Waals surface area (Å²) in [6.07, 6.45) is 1.65. The van der Waals surface area contributed by atoms with Crippen molar-refractivity contribution < 1.29 is 17.3 Å². The zero-order valence-electron chi connectivity index (χ0n) is 8.85. The average Bonchev–Trinajstić information content (AvgIpc) is 2.64. The molecule has 15 heavy (non-hydrogen) atoms. The van der Waals surface area contributed by atoms with Crippen molar-refractivity contribution in [3.63, 3.8) is 0 Å². The monoisotopic (exact) mass is 230 g/mol. The van der Waals surface area contributed by atoms with Crippen molar-refractivity contribution in [1.82, 2.24) is 0 Å². The minimum absolute atomic E-state index is 0.296. The Kier molecular flexibility index (Phi) is 2.60. The van der Waals surface area contributed by atoms with E-state index in [0.29, 0.717) is 24.6 Å². The minimum Gasteiger partial charge on any atom is -0.463 e. The van der Waals surface area contributed by atoms with Gasteiger partial charge in [0.15, 0.2) is 15.6 Å². The molecule has 0 unspecified atom stereocenters. The Morgan fingerprint density at radius 3 is 2.60 bits per heavy atom. The molecular weight excluding hydrogens is 214 g/mol. The summed E-state index contributed by atoms with van der Waals surface area (Å²) in [6, 6.07) is 3.80. The lowest BCUT2D eigenvalue weighted by Gasteiger charge is -2.36. The van der Waals surface area contributed by atoms with E-state index in [-0.39, 0.29) is 0 Å². The standard InChI is InChI=1S/C10H16NO3S/c1-11(9-10-3-2-6-14-10)4-7-15(12,13)8-5-11/h2-3,6H,4-5,7-9H2,1H3/q+1. The van der Waals surface area contributed by atoms with Gasteiger partial charge >= 0.3 is 0 Å². The molecule has 84 valence electrons. The zero-order valence-corrected chi connectivity index (χ0v) is 9.66. The first-order valence-corrected chi connectivity index (χ1v) is 6.88. The van der Waals surface area contributed by atoms with Crippen LogP contribution in [0.2, 0.25) is 0 Å². The van der Waals surface area contributed by atoms with Gasteiger partial charge in [-0.05, 0) is 12.1 Å². The summed E-state index contributed by atoms with van der Waals surface area (Å²) in [5, 5.41) is 0. The molecule has 0 atom stereocenters. The molecule has 0 aromatic carbocycles. The summed E-state index contributed by atoms with van der Waals surface area (Å²) in [7, 11) is -0.698. The van der Waals surface area contributed by atoms with Crippen molar-refractivity contribution in [3.05, 3.63) is 24.2 Å². The average molecular weight is 230 g/mol. The van der Waals surface area contributed by atoms with Gasteiger partial charge in [0.2, 0.25) is 0 Å². The predicted molar refractivity (Wildman–Crippen MR) is 57.0 cm³/mol. The van der Waals surface area contributed by atoms with Crippen LogP contribution in [0.3, 0.4) is 0 Å². The highest BCUT2D eigenvalue weighted by Crippen LogP contribution is 2.17.